The summed E-state index contributed by atoms with van der Waals surface area (Å²) in [4.78, 5) is 12.3. The second kappa shape index (κ2) is 21.6. The first-order chi connectivity index (χ1) is 15.8. The van der Waals surface area contributed by atoms with E-state index in [1.807, 2.05) is 0 Å². The van der Waals surface area contributed by atoms with E-state index in [2.05, 4.69) is 31.3 Å². The summed E-state index contributed by atoms with van der Waals surface area (Å²) in [5.41, 5.74) is 0. The van der Waals surface area contributed by atoms with Crippen LogP contribution in [0.1, 0.15) is 129 Å². The highest BCUT2D eigenvalue weighted by atomic mass is 32.2. The van der Waals surface area contributed by atoms with Gasteiger partial charge in [-0.15, -0.1) is 0 Å². The van der Waals surface area contributed by atoms with E-state index in [-0.39, 0.29) is 5.91 Å². The van der Waals surface area contributed by atoms with Gasteiger partial charge in [0.25, 0.3) is 10.1 Å². The molecule has 0 bridgehead atoms. The lowest BCUT2D eigenvalue weighted by Crippen LogP contribution is -2.47. The van der Waals surface area contributed by atoms with E-state index >= 15 is 0 Å². The summed E-state index contributed by atoms with van der Waals surface area (Å²) < 4.78 is 31.8. The molecule has 0 heterocycles. The summed E-state index contributed by atoms with van der Waals surface area (Å²) in [6.45, 7) is 4.35. The van der Waals surface area contributed by atoms with Crippen LogP contribution in [0, 0.1) is 0 Å². The number of carbonyl (C=O) groups is 1. The van der Waals surface area contributed by atoms with Crippen LogP contribution in [0.15, 0.2) is 12.2 Å². The molecule has 0 radical (unpaired) electrons. The van der Waals surface area contributed by atoms with Crippen LogP contribution >= 0.6 is 0 Å². The van der Waals surface area contributed by atoms with Gasteiger partial charge >= 0.3 is 0 Å². The molecule has 0 aliphatic carbocycles. The van der Waals surface area contributed by atoms with Crippen molar-refractivity contribution in [2.45, 2.75) is 142 Å². The second-order valence-electron chi connectivity index (χ2n) is 9.32. The molecular formula is C26H51NO5S. The first-order valence-corrected chi connectivity index (χ1v) is 15.0. The smallest absolute Gasteiger partial charge is 0.266 e. The Morgan fingerprint density at radius 2 is 1.27 bits per heavy atom. The Kier molecular flexibility index (Phi) is 21.0. The standard InChI is InChI=1S/C26H51NO5S/c1-3-5-7-9-10-11-12-13-14-15-16-18-20-22-26(29)27-24(23-33(30,31)32)25(28)21-19-17-8-6-4-2/h11-12,24-25,28H,3-10,13-23H2,1-2H3,(H,27,29)(H,30,31,32)/b12-11-. The molecule has 7 heteroatoms. The number of unbranched alkanes of at least 4 members (excludes halogenated alkanes) is 13. The van der Waals surface area contributed by atoms with Gasteiger partial charge in [-0.25, -0.2) is 0 Å². The second-order valence-corrected chi connectivity index (χ2v) is 10.8. The lowest BCUT2D eigenvalue weighted by atomic mass is 10.0. The average Bonchev–Trinajstić information content (AvgIpc) is 2.75. The number of allylic oxidation sites excluding steroid dienone is 2. The van der Waals surface area contributed by atoms with E-state index in [1.165, 1.54) is 38.5 Å². The zero-order chi connectivity index (χ0) is 24.8. The number of aliphatic hydroxyl groups is 1. The predicted octanol–water partition coefficient (Wildman–Crippen LogP) is 6.34. The molecule has 1 amide bonds. The number of aliphatic hydroxyl groups excluding tert-OH is 1. The first-order valence-electron chi connectivity index (χ1n) is 13.4. The fourth-order valence-electron chi connectivity index (χ4n) is 3.92. The van der Waals surface area contributed by atoms with Gasteiger partial charge in [0.15, 0.2) is 0 Å². The number of carbonyl (C=O) groups excluding carboxylic acids is 1. The van der Waals surface area contributed by atoms with E-state index in [0.717, 1.165) is 64.2 Å². The highest BCUT2D eigenvalue weighted by Gasteiger charge is 2.25. The largest absolute Gasteiger partial charge is 0.391 e. The lowest BCUT2D eigenvalue weighted by Gasteiger charge is -2.23. The predicted molar refractivity (Wildman–Crippen MR) is 138 cm³/mol. The van der Waals surface area contributed by atoms with Crippen LogP contribution in [-0.4, -0.2) is 41.9 Å². The molecule has 0 saturated carbocycles. The third kappa shape index (κ3) is 22.6. The molecular weight excluding hydrogens is 438 g/mol. The third-order valence-corrected chi connectivity index (χ3v) is 6.75. The molecule has 6 nitrogen and oxygen atoms in total. The molecule has 33 heavy (non-hydrogen) atoms. The molecule has 2 unspecified atom stereocenters. The monoisotopic (exact) mass is 489 g/mol. The maximum atomic E-state index is 12.3. The van der Waals surface area contributed by atoms with Crippen molar-refractivity contribution in [3.05, 3.63) is 12.2 Å². The molecule has 0 aromatic carbocycles. The van der Waals surface area contributed by atoms with Gasteiger partial charge in [0, 0.05) is 6.42 Å². The number of nitrogens with one attached hydrogen (secondary N) is 1. The van der Waals surface area contributed by atoms with Crippen LogP contribution in [0.3, 0.4) is 0 Å². The molecule has 2 atom stereocenters. The van der Waals surface area contributed by atoms with Crippen molar-refractivity contribution in [2.75, 3.05) is 5.75 Å². The fraction of sp³-hybridized carbons (Fsp3) is 0.885. The van der Waals surface area contributed by atoms with Gasteiger partial charge in [0.05, 0.1) is 17.9 Å². The first kappa shape index (κ1) is 32.1. The normalized spacial score (nSPS) is 13.9. The van der Waals surface area contributed by atoms with Crippen molar-refractivity contribution >= 4 is 16.0 Å². The van der Waals surface area contributed by atoms with E-state index in [0.29, 0.717) is 12.8 Å². The van der Waals surface area contributed by atoms with Crippen LogP contribution in [-0.2, 0) is 14.9 Å². The van der Waals surface area contributed by atoms with Crippen LogP contribution in [0.25, 0.3) is 0 Å². The number of rotatable bonds is 23. The van der Waals surface area contributed by atoms with Gasteiger partial charge in [-0.2, -0.15) is 8.42 Å². The highest BCUT2D eigenvalue weighted by molar-refractivity contribution is 7.85. The molecule has 196 valence electrons. The Morgan fingerprint density at radius 3 is 1.85 bits per heavy atom. The van der Waals surface area contributed by atoms with Crippen molar-refractivity contribution in [3.63, 3.8) is 0 Å². The van der Waals surface area contributed by atoms with Crippen LogP contribution in [0.5, 0.6) is 0 Å². The van der Waals surface area contributed by atoms with Crippen molar-refractivity contribution in [1.82, 2.24) is 5.32 Å². The minimum atomic E-state index is -4.28. The van der Waals surface area contributed by atoms with Crippen LogP contribution in [0.4, 0.5) is 0 Å². The Balaban J connectivity index is 4.01. The Hall–Kier alpha value is -0.920. The highest BCUT2D eigenvalue weighted by Crippen LogP contribution is 2.12. The van der Waals surface area contributed by atoms with Crippen molar-refractivity contribution < 1.29 is 22.9 Å². The van der Waals surface area contributed by atoms with Gasteiger partial charge in [-0.1, -0.05) is 96.6 Å². The molecule has 0 spiro atoms. The topological polar surface area (TPSA) is 104 Å². The maximum Gasteiger partial charge on any atom is 0.266 e. The quantitative estimate of drug-likeness (QED) is 0.0883. The number of hydrogen-bond donors (Lipinski definition) is 3. The fourth-order valence-corrected chi connectivity index (χ4v) is 4.68. The Morgan fingerprint density at radius 1 is 0.788 bits per heavy atom. The molecule has 0 aliphatic rings. The summed E-state index contributed by atoms with van der Waals surface area (Å²) in [7, 11) is -4.28. The summed E-state index contributed by atoms with van der Waals surface area (Å²) >= 11 is 0. The van der Waals surface area contributed by atoms with E-state index in [9.17, 15) is 22.9 Å². The van der Waals surface area contributed by atoms with Crippen LogP contribution in [0.2, 0.25) is 0 Å². The summed E-state index contributed by atoms with van der Waals surface area (Å²) in [6, 6.07) is -0.965. The minimum absolute atomic E-state index is 0.264. The molecule has 0 aromatic heterocycles. The summed E-state index contributed by atoms with van der Waals surface area (Å²) in [5.74, 6) is -0.916. The molecule has 0 rings (SSSR count). The van der Waals surface area contributed by atoms with E-state index < -0.39 is 28.0 Å². The van der Waals surface area contributed by atoms with Crippen molar-refractivity contribution in [3.8, 4) is 0 Å². The molecule has 0 aliphatic heterocycles. The molecule has 0 fully saturated rings. The molecule has 3 N–H and O–H groups in total. The lowest BCUT2D eigenvalue weighted by molar-refractivity contribution is -0.122. The Bertz CT molecular complexity index is 591. The minimum Gasteiger partial charge on any atom is -0.391 e. The summed E-state index contributed by atoms with van der Waals surface area (Å²) in [5, 5.41) is 13.0. The maximum absolute atomic E-state index is 12.3. The van der Waals surface area contributed by atoms with E-state index in [1.54, 1.807) is 0 Å². The zero-order valence-corrected chi connectivity index (χ0v) is 22.1. The number of amides is 1. The Labute approximate surface area is 203 Å². The SMILES string of the molecule is CCCCCC/C=C\CCCCCCCC(=O)NC(CS(=O)(=O)O)C(O)CCCCCCC. The molecule has 0 saturated heterocycles. The van der Waals surface area contributed by atoms with Gasteiger partial charge < -0.3 is 10.4 Å². The van der Waals surface area contributed by atoms with Crippen molar-refractivity contribution in [2.24, 2.45) is 0 Å². The van der Waals surface area contributed by atoms with Gasteiger partial charge in [0.2, 0.25) is 5.91 Å². The summed E-state index contributed by atoms with van der Waals surface area (Å²) in [6.07, 6.45) is 22.0. The average molecular weight is 490 g/mol. The van der Waals surface area contributed by atoms with E-state index in [4.69, 9.17) is 0 Å². The van der Waals surface area contributed by atoms with Crippen LogP contribution < -0.4 is 5.32 Å². The zero-order valence-electron chi connectivity index (χ0n) is 21.3. The third-order valence-electron chi connectivity index (χ3n) is 5.97. The van der Waals surface area contributed by atoms with Gasteiger partial charge in [0.1, 0.15) is 0 Å². The van der Waals surface area contributed by atoms with Crippen molar-refractivity contribution in [1.29, 1.82) is 0 Å². The van der Waals surface area contributed by atoms with Gasteiger partial charge in [-0.3, -0.25) is 9.35 Å². The number of hydrogen-bond acceptors (Lipinski definition) is 4. The molecule has 0 aromatic rings. The van der Waals surface area contributed by atoms with Gasteiger partial charge in [-0.05, 0) is 38.5 Å².